The Kier molecular flexibility index (Phi) is 4.59. The third kappa shape index (κ3) is 2.74. The SMILES string of the molecule is CC[C@@]1(O)C(=O)OCc2c1cc1n(c2=O)Cc2c-1nc1cc(F)c(C)c3c1c2[C@](O)(CCO)CC3. The number of fused-ring (bicyclic) bond motifs is 5. The first-order valence-electron chi connectivity index (χ1n) is 11.8. The molecule has 35 heavy (non-hydrogen) atoms. The Labute approximate surface area is 199 Å². The van der Waals surface area contributed by atoms with E-state index in [0.717, 1.165) is 5.56 Å². The molecule has 182 valence electrons. The van der Waals surface area contributed by atoms with E-state index in [0.29, 0.717) is 51.8 Å². The zero-order chi connectivity index (χ0) is 24.9. The summed E-state index contributed by atoms with van der Waals surface area (Å²) < 4.78 is 21.5. The maximum Gasteiger partial charge on any atom is 0.343 e. The molecule has 6 rings (SSSR count). The van der Waals surface area contributed by atoms with Gasteiger partial charge in [0.2, 0.25) is 0 Å². The molecule has 8 nitrogen and oxygen atoms in total. The molecule has 0 fully saturated rings. The van der Waals surface area contributed by atoms with E-state index in [4.69, 9.17) is 9.72 Å². The van der Waals surface area contributed by atoms with Crippen molar-refractivity contribution >= 4 is 16.9 Å². The lowest BCUT2D eigenvalue weighted by Gasteiger charge is -2.36. The number of esters is 1. The van der Waals surface area contributed by atoms with Gasteiger partial charge in [-0.3, -0.25) is 4.79 Å². The van der Waals surface area contributed by atoms with E-state index in [1.54, 1.807) is 19.9 Å². The number of carbonyl (C=O) groups excluding carboxylic acids is 1. The lowest BCUT2D eigenvalue weighted by molar-refractivity contribution is -0.172. The molecule has 3 aromatic rings. The van der Waals surface area contributed by atoms with Gasteiger partial charge in [-0.2, -0.15) is 0 Å². The van der Waals surface area contributed by atoms with Gasteiger partial charge in [0.1, 0.15) is 12.4 Å². The smallest absolute Gasteiger partial charge is 0.343 e. The normalized spacial score (nSPS) is 24.2. The molecule has 3 N–H and O–H groups in total. The highest BCUT2D eigenvalue weighted by molar-refractivity contribution is 5.93. The predicted molar refractivity (Wildman–Crippen MR) is 123 cm³/mol. The number of aryl methyl sites for hydroxylation is 1. The second-order valence-corrected chi connectivity index (χ2v) is 9.78. The molecule has 1 aromatic carbocycles. The minimum Gasteiger partial charge on any atom is -0.458 e. The molecular weight excluding hydrogens is 455 g/mol. The number of ether oxygens (including phenoxy) is 1. The summed E-state index contributed by atoms with van der Waals surface area (Å²) in [6.07, 6.45) is 0.855. The summed E-state index contributed by atoms with van der Waals surface area (Å²) in [6.45, 7) is 2.98. The second-order valence-electron chi connectivity index (χ2n) is 9.78. The summed E-state index contributed by atoms with van der Waals surface area (Å²) in [5.74, 6) is -1.21. The Morgan fingerprint density at radius 2 is 1.97 bits per heavy atom. The fourth-order valence-corrected chi connectivity index (χ4v) is 6.11. The maximum absolute atomic E-state index is 14.8. The third-order valence-electron chi connectivity index (χ3n) is 8.08. The van der Waals surface area contributed by atoms with Gasteiger partial charge in [0.25, 0.3) is 5.56 Å². The monoisotopic (exact) mass is 480 g/mol. The first kappa shape index (κ1) is 22.3. The van der Waals surface area contributed by atoms with Crippen LogP contribution in [0.3, 0.4) is 0 Å². The minimum atomic E-state index is -1.95. The van der Waals surface area contributed by atoms with Crippen LogP contribution in [-0.4, -0.2) is 37.4 Å². The molecule has 0 spiro atoms. The molecule has 3 aliphatic rings. The number of aliphatic hydroxyl groups excluding tert-OH is 1. The van der Waals surface area contributed by atoms with Crippen LogP contribution in [0, 0.1) is 12.7 Å². The van der Waals surface area contributed by atoms with Crippen molar-refractivity contribution in [2.45, 2.75) is 63.9 Å². The van der Waals surface area contributed by atoms with Gasteiger partial charge in [-0.15, -0.1) is 0 Å². The standard InChI is InChI=1S/C26H25FN2O6/c1-3-26(34)16-8-19-22-14(10-29(19)23(31)15(16)11-35-24(26)32)21-20-13(4-5-25(21,33)6-7-30)12(2)17(27)9-18(20)28-22/h8-9,30,33-34H,3-7,10-11H2,1-2H3/t25-,26+/m1/s1. The fraction of sp³-hybridized carbons (Fsp3) is 0.423. The van der Waals surface area contributed by atoms with E-state index in [2.05, 4.69) is 0 Å². The van der Waals surface area contributed by atoms with Crippen molar-refractivity contribution in [1.29, 1.82) is 0 Å². The van der Waals surface area contributed by atoms with Crippen LogP contribution in [0.4, 0.5) is 4.39 Å². The highest BCUT2D eigenvalue weighted by Gasteiger charge is 2.46. The number of hydrogen-bond acceptors (Lipinski definition) is 7. The topological polar surface area (TPSA) is 122 Å². The van der Waals surface area contributed by atoms with Crippen LogP contribution in [0.25, 0.3) is 22.3 Å². The van der Waals surface area contributed by atoms with E-state index in [1.807, 2.05) is 0 Å². The molecular formula is C26H25FN2O6. The van der Waals surface area contributed by atoms with Crippen LogP contribution < -0.4 is 5.56 Å². The summed E-state index contributed by atoms with van der Waals surface area (Å²) in [7, 11) is 0. The molecule has 0 saturated heterocycles. The first-order valence-corrected chi connectivity index (χ1v) is 11.8. The Hall–Kier alpha value is -3.14. The molecule has 2 aromatic heterocycles. The number of benzene rings is 1. The zero-order valence-electron chi connectivity index (χ0n) is 19.4. The van der Waals surface area contributed by atoms with Crippen molar-refractivity contribution in [3.63, 3.8) is 0 Å². The van der Waals surface area contributed by atoms with Crippen molar-refractivity contribution < 1.29 is 29.2 Å². The Morgan fingerprint density at radius 1 is 1.20 bits per heavy atom. The van der Waals surface area contributed by atoms with Gasteiger partial charge in [0.05, 0.1) is 34.6 Å². The highest BCUT2D eigenvalue weighted by Crippen LogP contribution is 2.49. The number of aliphatic hydroxyl groups is 3. The molecule has 1 aliphatic carbocycles. The van der Waals surface area contributed by atoms with Crippen molar-refractivity contribution in [2.24, 2.45) is 0 Å². The van der Waals surface area contributed by atoms with Crippen molar-refractivity contribution in [3.05, 3.63) is 61.7 Å². The van der Waals surface area contributed by atoms with Gasteiger partial charge in [-0.05, 0) is 43.4 Å². The molecule has 0 radical (unpaired) electrons. The zero-order valence-corrected chi connectivity index (χ0v) is 19.4. The number of hydrogen-bond donors (Lipinski definition) is 3. The van der Waals surface area contributed by atoms with Crippen molar-refractivity contribution in [2.75, 3.05) is 6.61 Å². The molecule has 9 heteroatoms. The molecule has 4 heterocycles. The molecule has 2 aliphatic heterocycles. The van der Waals surface area contributed by atoms with Crippen LogP contribution in [0.2, 0.25) is 0 Å². The number of halogens is 1. The molecule has 0 saturated carbocycles. The predicted octanol–water partition coefficient (Wildman–Crippen LogP) is 2.04. The Morgan fingerprint density at radius 3 is 2.69 bits per heavy atom. The van der Waals surface area contributed by atoms with Gasteiger partial charge in [-0.25, -0.2) is 14.2 Å². The van der Waals surface area contributed by atoms with Gasteiger partial charge >= 0.3 is 5.97 Å². The van der Waals surface area contributed by atoms with Crippen LogP contribution in [0.1, 0.15) is 59.6 Å². The number of pyridine rings is 2. The largest absolute Gasteiger partial charge is 0.458 e. The average Bonchev–Trinajstić information content (AvgIpc) is 3.19. The summed E-state index contributed by atoms with van der Waals surface area (Å²) in [6, 6.07) is 2.93. The highest BCUT2D eigenvalue weighted by atomic mass is 19.1. The molecule has 0 amide bonds. The minimum absolute atomic E-state index is 0.0229. The fourth-order valence-electron chi connectivity index (χ4n) is 6.11. The summed E-state index contributed by atoms with van der Waals surface area (Å²) in [5, 5.41) is 33.2. The van der Waals surface area contributed by atoms with Crippen LogP contribution in [0.5, 0.6) is 0 Å². The van der Waals surface area contributed by atoms with Crippen molar-refractivity contribution in [1.82, 2.24) is 9.55 Å². The van der Waals surface area contributed by atoms with E-state index in [9.17, 15) is 29.3 Å². The van der Waals surface area contributed by atoms with Crippen LogP contribution >= 0.6 is 0 Å². The van der Waals surface area contributed by atoms with Crippen molar-refractivity contribution in [3.8, 4) is 11.4 Å². The Bertz CT molecular complexity index is 1530. The second kappa shape index (κ2) is 7.19. The van der Waals surface area contributed by atoms with Crippen LogP contribution in [0.15, 0.2) is 16.9 Å². The number of rotatable bonds is 3. The lowest BCUT2D eigenvalue weighted by Crippen LogP contribution is -2.44. The van der Waals surface area contributed by atoms with Crippen LogP contribution in [-0.2, 0) is 40.3 Å². The average molecular weight is 480 g/mol. The maximum atomic E-state index is 14.8. The van der Waals surface area contributed by atoms with E-state index < -0.39 is 28.5 Å². The lowest BCUT2D eigenvalue weighted by atomic mass is 9.74. The number of nitrogens with zero attached hydrogens (tertiary/aromatic N) is 2. The molecule has 0 bridgehead atoms. The number of cyclic esters (lactones) is 1. The van der Waals surface area contributed by atoms with Gasteiger partial charge < -0.3 is 24.6 Å². The van der Waals surface area contributed by atoms with Gasteiger partial charge in [0.15, 0.2) is 5.60 Å². The van der Waals surface area contributed by atoms with Gasteiger partial charge in [0, 0.05) is 41.2 Å². The number of aromatic nitrogens is 2. The first-order chi connectivity index (χ1) is 16.6. The summed E-state index contributed by atoms with van der Waals surface area (Å²) in [5.41, 5.74) is 0.285. The quantitative estimate of drug-likeness (QED) is 0.384. The summed E-state index contributed by atoms with van der Waals surface area (Å²) >= 11 is 0. The molecule has 2 atom stereocenters. The Balaban J connectivity index is 1.71. The number of carbonyl (C=O) groups is 1. The van der Waals surface area contributed by atoms with E-state index in [1.165, 1.54) is 10.6 Å². The van der Waals surface area contributed by atoms with E-state index >= 15 is 0 Å². The van der Waals surface area contributed by atoms with Gasteiger partial charge in [-0.1, -0.05) is 6.92 Å². The molecule has 0 unspecified atom stereocenters. The van der Waals surface area contributed by atoms with E-state index in [-0.39, 0.29) is 43.7 Å². The third-order valence-corrected chi connectivity index (χ3v) is 8.08. The summed E-state index contributed by atoms with van der Waals surface area (Å²) in [4.78, 5) is 30.7.